The average molecular weight is 424 g/mol. The first-order valence-corrected chi connectivity index (χ1v) is 10.9. The number of nitrogens with zero attached hydrogens (tertiary/aromatic N) is 5. The van der Waals surface area contributed by atoms with Crippen molar-refractivity contribution in [3.63, 3.8) is 0 Å². The van der Waals surface area contributed by atoms with Crippen molar-refractivity contribution in [2.45, 2.75) is 50.6 Å². The molecule has 0 spiro atoms. The van der Waals surface area contributed by atoms with Crippen LogP contribution in [-0.2, 0) is 13.1 Å². The highest BCUT2D eigenvalue weighted by Crippen LogP contribution is 2.41. The first-order chi connectivity index (χ1) is 14.6. The molecule has 0 saturated heterocycles. The highest BCUT2D eigenvalue weighted by Gasteiger charge is 2.31. The van der Waals surface area contributed by atoms with Gasteiger partial charge in [-0.25, -0.2) is 4.98 Å². The molecule has 1 fully saturated rings. The van der Waals surface area contributed by atoms with E-state index in [1.54, 1.807) is 7.11 Å². The van der Waals surface area contributed by atoms with Crippen LogP contribution >= 0.6 is 11.6 Å². The minimum Gasteiger partial charge on any atom is -0.481 e. The number of rotatable bonds is 3. The molecule has 0 radical (unpaired) electrons. The van der Waals surface area contributed by atoms with E-state index in [1.807, 2.05) is 18.2 Å². The number of pyridine rings is 1. The first kappa shape index (κ1) is 19.5. The van der Waals surface area contributed by atoms with Crippen LogP contribution in [0.15, 0.2) is 36.4 Å². The van der Waals surface area contributed by atoms with Crippen LogP contribution in [0, 0.1) is 0 Å². The van der Waals surface area contributed by atoms with Gasteiger partial charge in [0.1, 0.15) is 5.82 Å². The lowest BCUT2D eigenvalue weighted by atomic mass is 9.80. The molecule has 1 aliphatic heterocycles. The normalized spacial score (nSPS) is 21.6. The van der Waals surface area contributed by atoms with Crippen LogP contribution in [0.2, 0.25) is 5.02 Å². The summed E-state index contributed by atoms with van der Waals surface area (Å²) in [7, 11) is 3.78. The topological polar surface area (TPSA) is 56.1 Å². The van der Waals surface area contributed by atoms with Gasteiger partial charge in [0.2, 0.25) is 5.88 Å². The van der Waals surface area contributed by atoms with Crippen molar-refractivity contribution < 1.29 is 4.74 Å². The fraction of sp³-hybridized carbons (Fsp3) is 0.435. The summed E-state index contributed by atoms with van der Waals surface area (Å²) >= 11 is 6.29. The molecule has 1 saturated carbocycles. The largest absolute Gasteiger partial charge is 0.481 e. The van der Waals surface area contributed by atoms with Gasteiger partial charge in [0, 0.05) is 35.2 Å². The van der Waals surface area contributed by atoms with Gasteiger partial charge < -0.3 is 4.74 Å². The van der Waals surface area contributed by atoms with Gasteiger partial charge in [0.05, 0.1) is 19.3 Å². The Morgan fingerprint density at radius 1 is 1.00 bits per heavy atom. The zero-order valence-electron chi connectivity index (χ0n) is 17.4. The van der Waals surface area contributed by atoms with Gasteiger partial charge >= 0.3 is 0 Å². The Balaban J connectivity index is 1.42. The van der Waals surface area contributed by atoms with Crippen molar-refractivity contribution in [1.82, 2.24) is 24.6 Å². The summed E-state index contributed by atoms with van der Waals surface area (Å²) in [6.07, 6.45) is 4.36. The minimum absolute atomic E-state index is 0.403. The zero-order valence-corrected chi connectivity index (χ0v) is 18.1. The first-order valence-electron chi connectivity index (χ1n) is 10.5. The van der Waals surface area contributed by atoms with E-state index in [1.165, 1.54) is 5.56 Å². The van der Waals surface area contributed by atoms with Crippen molar-refractivity contribution >= 4 is 11.6 Å². The molecule has 0 bridgehead atoms. The van der Waals surface area contributed by atoms with Crippen molar-refractivity contribution in [3.8, 4) is 11.6 Å². The van der Waals surface area contributed by atoms with Crippen molar-refractivity contribution in [1.29, 1.82) is 0 Å². The summed E-state index contributed by atoms with van der Waals surface area (Å²) in [4.78, 5) is 6.92. The molecule has 1 aromatic carbocycles. The number of halogens is 1. The quantitative estimate of drug-likeness (QED) is 0.610. The lowest BCUT2D eigenvalue weighted by Crippen LogP contribution is -2.17. The lowest BCUT2D eigenvalue weighted by Gasteiger charge is -2.28. The Kier molecular flexibility index (Phi) is 5.21. The third-order valence-corrected chi connectivity index (χ3v) is 6.59. The molecule has 2 aromatic heterocycles. The minimum atomic E-state index is 0.403. The van der Waals surface area contributed by atoms with Gasteiger partial charge in [-0.2, -0.15) is 0 Å². The number of aromatic nitrogens is 4. The molecule has 0 atom stereocenters. The molecular weight excluding hydrogens is 398 g/mol. The van der Waals surface area contributed by atoms with E-state index in [0.717, 1.165) is 66.8 Å². The Morgan fingerprint density at radius 2 is 1.80 bits per heavy atom. The second-order valence-electron chi connectivity index (χ2n) is 8.41. The average Bonchev–Trinajstić information content (AvgIpc) is 3.11. The van der Waals surface area contributed by atoms with Crippen LogP contribution in [0.5, 0.6) is 5.88 Å². The van der Waals surface area contributed by atoms with Crippen molar-refractivity contribution in [2.75, 3.05) is 14.2 Å². The summed E-state index contributed by atoms with van der Waals surface area (Å²) in [5.41, 5.74) is 3.52. The third kappa shape index (κ3) is 3.59. The molecule has 5 rings (SSSR count). The Morgan fingerprint density at radius 3 is 2.60 bits per heavy atom. The summed E-state index contributed by atoms with van der Waals surface area (Å²) in [5.74, 6) is 3.66. The number of hydrogen-bond donors (Lipinski definition) is 0. The highest BCUT2D eigenvalue weighted by atomic mass is 35.5. The number of benzene rings is 1. The van der Waals surface area contributed by atoms with Crippen LogP contribution in [0.3, 0.4) is 0 Å². The smallest absolute Gasteiger partial charge is 0.213 e. The Hall–Kier alpha value is -2.44. The summed E-state index contributed by atoms with van der Waals surface area (Å²) in [6.45, 7) is 1.63. The van der Waals surface area contributed by atoms with E-state index in [2.05, 4.69) is 49.9 Å². The summed E-state index contributed by atoms with van der Waals surface area (Å²) < 4.78 is 7.59. The fourth-order valence-electron chi connectivity index (χ4n) is 4.87. The monoisotopic (exact) mass is 423 g/mol. The predicted molar refractivity (Wildman–Crippen MR) is 116 cm³/mol. The van der Waals surface area contributed by atoms with Gasteiger partial charge in [-0.1, -0.05) is 17.7 Å². The SMILES string of the molecule is COc1cccc(C2CCC(c3nnc4n3-c3ccc(Cl)cc3CN(C)C4)CC2)n1. The number of methoxy groups -OCH3 is 1. The summed E-state index contributed by atoms with van der Waals surface area (Å²) in [5, 5.41) is 10.0. The molecule has 0 unspecified atom stereocenters. The Labute approximate surface area is 181 Å². The molecular formula is C23H26ClN5O. The van der Waals surface area contributed by atoms with Gasteiger partial charge in [0.25, 0.3) is 0 Å². The number of ether oxygens (including phenoxy) is 1. The molecule has 3 aromatic rings. The Bertz CT molecular complexity index is 1060. The third-order valence-electron chi connectivity index (χ3n) is 6.35. The van der Waals surface area contributed by atoms with Crippen LogP contribution in [0.4, 0.5) is 0 Å². The molecule has 156 valence electrons. The second kappa shape index (κ2) is 8.00. The second-order valence-corrected chi connectivity index (χ2v) is 8.84. The molecule has 0 N–H and O–H groups in total. The molecule has 0 amide bonds. The van der Waals surface area contributed by atoms with Crippen LogP contribution in [-0.4, -0.2) is 38.8 Å². The predicted octanol–water partition coefficient (Wildman–Crippen LogP) is 4.71. The number of fused-ring (bicyclic) bond motifs is 3. The van der Waals surface area contributed by atoms with Gasteiger partial charge in [0.15, 0.2) is 5.82 Å². The van der Waals surface area contributed by atoms with E-state index in [-0.39, 0.29) is 0 Å². The van der Waals surface area contributed by atoms with Crippen LogP contribution in [0.1, 0.15) is 60.4 Å². The molecule has 3 heterocycles. The van der Waals surface area contributed by atoms with E-state index in [4.69, 9.17) is 16.3 Å². The van der Waals surface area contributed by atoms with Crippen LogP contribution in [0.25, 0.3) is 5.69 Å². The molecule has 7 heteroatoms. The number of hydrogen-bond acceptors (Lipinski definition) is 5. The van der Waals surface area contributed by atoms with E-state index >= 15 is 0 Å². The van der Waals surface area contributed by atoms with E-state index < -0.39 is 0 Å². The lowest BCUT2D eigenvalue weighted by molar-refractivity contribution is 0.315. The zero-order chi connectivity index (χ0) is 20.7. The highest BCUT2D eigenvalue weighted by molar-refractivity contribution is 6.30. The van der Waals surface area contributed by atoms with Gasteiger partial charge in [-0.3, -0.25) is 9.47 Å². The maximum Gasteiger partial charge on any atom is 0.213 e. The standard InChI is InChI=1S/C23H26ClN5O/c1-28-13-17-12-18(24)10-11-20(17)29-21(14-28)26-27-23(29)16-8-6-15(7-9-16)19-4-3-5-22(25-19)30-2/h3-5,10-12,15-16H,6-9,13-14H2,1-2H3. The molecule has 1 aliphatic carbocycles. The maximum absolute atomic E-state index is 6.29. The van der Waals surface area contributed by atoms with Gasteiger partial charge in [-0.05, 0) is 62.6 Å². The van der Waals surface area contributed by atoms with Gasteiger partial charge in [-0.15, -0.1) is 10.2 Å². The van der Waals surface area contributed by atoms with Crippen molar-refractivity contribution in [2.24, 2.45) is 0 Å². The molecule has 30 heavy (non-hydrogen) atoms. The van der Waals surface area contributed by atoms with Crippen LogP contribution < -0.4 is 4.74 Å². The van der Waals surface area contributed by atoms with E-state index in [9.17, 15) is 0 Å². The van der Waals surface area contributed by atoms with Crippen molar-refractivity contribution in [3.05, 3.63) is 64.3 Å². The summed E-state index contributed by atoms with van der Waals surface area (Å²) in [6, 6.07) is 12.2. The van der Waals surface area contributed by atoms with E-state index in [0.29, 0.717) is 17.7 Å². The molecule has 6 nitrogen and oxygen atoms in total. The maximum atomic E-state index is 6.29. The fourth-order valence-corrected chi connectivity index (χ4v) is 5.06. The molecule has 2 aliphatic rings.